The van der Waals surface area contributed by atoms with Crippen molar-refractivity contribution in [2.24, 2.45) is 0 Å². The van der Waals surface area contributed by atoms with Crippen LogP contribution in [0.5, 0.6) is 0 Å². The van der Waals surface area contributed by atoms with E-state index in [1.807, 2.05) is 0 Å². The van der Waals surface area contributed by atoms with Crippen LogP contribution < -0.4 is 0 Å². The summed E-state index contributed by atoms with van der Waals surface area (Å²) in [5.74, 6) is -1.66. The third-order valence-corrected chi connectivity index (χ3v) is 1.42. The number of esters is 1. The number of carboxylic acid groups (broad SMARTS) is 1. The van der Waals surface area contributed by atoms with Crippen LogP contribution in [0.15, 0.2) is 6.20 Å². The molecule has 0 atom stereocenters. The predicted molar refractivity (Wildman–Crippen MR) is 48.2 cm³/mol. The molecule has 1 rings (SSSR count). The maximum atomic E-state index is 11.1. The van der Waals surface area contributed by atoms with Crippen LogP contribution >= 0.6 is 0 Å². The average molecular weight is 213 g/mol. The molecular formula is C8H11N3O4. The second-order valence-electron chi connectivity index (χ2n) is 3.15. The van der Waals surface area contributed by atoms with Crippen molar-refractivity contribution in [3.8, 4) is 0 Å². The van der Waals surface area contributed by atoms with E-state index in [1.54, 1.807) is 13.8 Å². The van der Waals surface area contributed by atoms with Crippen molar-refractivity contribution in [3.05, 3.63) is 11.9 Å². The van der Waals surface area contributed by atoms with Gasteiger partial charge in [-0.3, -0.25) is 4.79 Å². The van der Waals surface area contributed by atoms with Gasteiger partial charge in [0.05, 0.1) is 12.3 Å². The molecule has 0 aliphatic heterocycles. The van der Waals surface area contributed by atoms with Gasteiger partial charge in [0.1, 0.15) is 6.54 Å². The monoisotopic (exact) mass is 213 g/mol. The minimum absolute atomic E-state index is 0.140. The molecule has 1 heterocycles. The molecule has 0 aromatic carbocycles. The molecule has 15 heavy (non-hydrogen) atoms. The zero-order valence-corrected chi connectivity index (χ0v) is 8.38. The van der Waals surface area contributed by atoms with Crippen LogP contribution in [0.1, 0.15) is 24.3 Å². The first kappa shape index (κ1) is 11.2. The number of carboxylic acids is 1. The van der Waals surface area contributed by atoms with Crippen molar-refractivity contribution in [1.29, 1.82) is 0 Å². The average Bonchev–Trinajstić information content (AvgIpc) is 2.50. The fourth-order valence-electron chi connectivity index (χ4n) is 0.906. The van der Waals surface area contributed by atoms with Gasteiger partial charge in [-0.05, 0) is 13.8 Å². The van der Waals surface area contributed by atoms with E-state index in [4.69, 9.17) is 9.84 Å². The Hall–Kier alpha value is -1.92. The van der Waals surface area contributed by atoms with Crippen LogP contribution in [-0.2, 0) is 16.1 Å². The number of carbonyl (C=O) groups excluding carboxylic acids is 1. The summed E-state index contributed by atoms with van der Waals surface area (Å²) in [5, 5.41) is 15.4. The van der Waals surface area contributed by atoms with Crippen LogP contribution in [0.3, 0.4) is 0 Å². The summed E-state index contributed by atoms with van der Waals surface area (Å²) in [6, 6.07) is 0. The smallest absolute Gasteiger partial charge is 0.358 e. The lowest BCUT2D eigenvalue weighted by atomic mass is 10.5. The molecule has 7 heteroatoms. The number of aromatic carboxylic acids is 1. The Labute approximate surface area is 85.6 Å². The molecule has 0 radical (unpaired) electrons. The van der Waals surface area contributed by atoms with Crippen molar-refractivity contribution in [1.82, 2.24) is 15.0 Å². The Kier molecular flexibility index (Phi) is 3.37. The Bertz CT molecular complexity index is 372. The van der Waals surface area contributed by atoms with E-state index < -0.39 is 11.9 Å². The number of hydrogen-bond acceptors (Lipinski definition) is 5. The van der Waals surface area contributed by atoms with E-state index in [2.05, 4.69) is 10.3 Å². The standard InChI is InChI=1S/C8H11N3O4/c1-5(2)15-7(12)4-11-3-6(8(13)14)9-10-11/h3,5H,4H2,1-2H3,(H,13,14). The number of aromatic nitrogens is 3. The maximum absolute atomic E-state index is 11.1. The summed E-state index contributed by atoms with van der Waals surface area (Å²) < 4.78 is 5.97. The molecule has 0 bridgehead atoms. The normalized spacial score (nSPS) is 10.3. The molecule has 0 unspecified atom stereocenters. The van der Waals surface area contributed by atoms with Gasteiger partial charge >= 0.3 is 11.9 Å². The summed E-state index contributed by atoms with van der Waals surface area (Å²) in [6.07, 6.45) is 0.962. The quantitative estimate of drug-likeness (QED) is 0.703. The van der Waals surface area contributed by atoms with Gasteiger partial charge in [-0.25, -0.2) is 9.48 Å². The molecule has 1 aromatic rings. The van der Waals surface area contributed by atoms with E-state index in [-0.39, 0.29) is 18.3 Å². The third-order valence-electron chi connectivity index (χ3n) is 1.42. The molecule has 0 amide bonds. The van der Waals surface area contributed by atoms with E-state index in [0.29, 0.717) is 0 Å². The van der Waals surface area contributed by atoms with Crippen molar-refractivity contribution in [3.63, 3.8) is 0 Å². The molecule has 0 spiro atoms. The van der Waals surface area contributed by atoms with Crippen molar-refractivity contribution in [2.75, 3.05) is 0 Å². The molecular weight excluding hydrogens is 202 g/mol. The molecule has 0 fully saturated rings. The van der Waals surface area contributed by atoms with Gasteiger partial charge in [-0.15, -0.1) is 5.10 Å². The van der Waals surface area contributed by atoms with Gasteiger partial charge in [-0.2, -0.15) is 0 Å². The van der Waals surface area contributed by atoms with Crippen LogP contribution in [0.4, 0.5) is 0 Å². The highest BCUT2D eigenvalue weighted by Gasteiger charge is 2.11. The molecule has 1 N–H and O–H groups in total. The topological polar surface area (TPSA) is 94.3 Å². The Morgan fingerprint density at radius 2 is 2.27 bits per heavy atom. The Morgan fingerprint density at radius 1 is 1.60 bits per heavy atom. The number of hydrogen-bond donors (Lipinski definition) is 1. The highest BCUT2D eigenvalue weighted by atomic mass is 16.5. The number of nitrogens with zero attached hydrogens (tertiary/aromatic N) is 3. The lowest BCUT2D eigenvalue weighted by Gasteiger charge is -2.06. The number of carbonyl (C=O) groups is 2. The van der Waals surface area contributed by atoms with Crippen molar-refractivity contribution < 1.29 is 19.4 Å². The predicted octanol–water partition coefficient (Wildman–Crippen LogP) is -0.0721. The zero-order valence-electron chi connectivity index (χ0n) is 8.38. The molecule has 0 saturated carbocycles. The molecule has 1 aromatic heterocycles. The highest BCUT2D eigenvalue weighted by Crippen LogP contribution is 1.95. The first-order valence-electron chi connectivity index (χ1n) is 4.32. The van der Waals surface area contributed by atoms with E-state index >= 15 is 0 Å². The first-order chi connectivity index (χ1) is 6.99. The molecule has 0 saturated heterocycles. The summed E-state index contributed by atoms with van der Waals surface area (Å²) in [5.41, 5.74) is -0.202. The fraction of sp³-hybridized carbons (Fsp3) is 0.500. The first-order valence-corrected chi connectivity index (χ1v) is 4.32. The Morgan fingerprint density at radius 3 is 2.73 bits per heavy atom. The van der Waals surface area contributed by atoms with Gasteiger partial charge in [-0.1, -0.05) is 5.21 Å². The second kappa shape index (κ2) is 4.54. The van der Waals surface area contributed by atoms with E-state index in [9.17, 15) is 9.59 Å². The van der Waals surface area contributed by atoms with Crippen LogP contribution in [0.25, 0.3) is 0 Å². The summed E-state index contributed by atoms with van der Waals surface area (Å²) in [6.45, 7) is 3.31. The van der Waals surface area contributed by atoms with Crippen molar-refractivity contribution in [2.45, 2.75) is 26.5 Å². The van der Waals surface area contributed by atoms with Crippen LogP contribution in [-0.4, -0.2) is 38.1 Å². The highest BCUT2D eigenvalue weighted by molar-refractivity contribution is 5.84. The van der Waals surface area contributed by atoms with Crippen LogP contribution in [0, 0.1) is 0 Å². The molecule has 7 nitrogen and oxygen atoms in total. The van der Waals surface area contributed by atoms with Crippen LogP contribution in [0.2, 0.25) is 0 Å². The zero-order chi connectivity index (χ0) is 11.4. The van der Waals surface area contributed by atoms with Gasteiger partial charge in [0.2, 0.25) is 0 Å². The molecule has 82 valence electrons. The van der Waals surface area contributed by atoms with E-state index in [1.165, 1.54) is 6.20 Å². The minimum Gasteiger partial charge on any atom is -0.476 e. The third kappa shape index (κ3) is 3.37. The van der Waals surface area contributed by atoms with Gasteiger partial charge in [0.25, 0.3) is 0 Å². The second-order valence-corrected chi connectivity index (χ2v) is 3.15. The number of rotatable bonds is 4. The summed E-state index contributed by atoms with van der Waals surface area (Å²) >= 11 is 0. The van der Waals surface area contributed by atoms with Gasteiger partial charge < -0.3 is 9.84 Å². The lowest BCUT2D eigenvalue weighted by molar-refractivity contribution is -0.148. The largest absolute Gasteiger partial charge is 0.476 e. The summed E-state index contributed by atoms with van der Waals surface area (Å²) in [4.78, 5) is 21.6. The maximum Gasteiger partial charge on any atom is 0.358 e. The number of ether oxygens (including phenoxy) is 1. The fourth-order valence-corrected chi connectivity index (χ4v) is 0.906. The minimum atomic E-state index is -1.18. The van der Waals surface area contributed by atoms with Crippen molar-refractivity contribution >= 4 is 11.9 Å². The summed E-state index contributed by atoms with van der Waals surface area (Å²) in [7, 11) is 0. The molecule has 0 aliphatic rings. The molecule has 0 aliphatic carbocycles. The lowest BCUT2D eigenvalue weighted by Crippen LogP contribution is -2.17. The Balaban J connectivity index is 2.57. The SMILES string of the molecule is CC(C)OC(=O)Cn1cc(C(=O)O)nn1. The van der Waals surface area contributed by atoms with Gasteiger partial charge in [0.15, 0.2) is 5.69 Å². The van der Waals surface area contributed by atoms with E-state index in [0.717, 1.165) is 4.68 Å². The van der Waals surface area contributed by atoms with Gasteiger partial charge in [0, 0.05) is 0 Å².